The minimum absolute atomic E-state index is 0.00306. The summed E-state index contributed by atoms with van der Waals surface area (Å²) in [5, 5.41) is 24.0. The fourth-order valence-corrected chi connectivity index (χ4v) is 7.85. The Morgan fingerprint density at radius 1 is 1.15 bits per heavy atom. The van der Waals surface area contributed by atoms with Crippen LogP contribution in [0.15, 0.2) is 20.1 Å². The van der Waals surface area contributed by atoms with Crippen LogP contribution >= 0.6 is 31.9 Å². The van der Waals surface area contributed by atoms with E-state index < -0.39 is 0 Å². The summed E-state index contributed by atoms with van der Waals surface area (Å²) in [5.74, 6) is 0.433. The van der Waals surface area contributed by atoms with E-state index >= 15 is 0 Å². The van der Waals surface area contributed by atoms with E-state index in [2.05, 4.69) is 56.2 Å². The lowest BCUT2D eigenvalue weighted by Crippen LogP contribution is -2.59. The van der Waals surface area contributed by atoms with Gasteiger partial charge in [-0.25, -0.2) is 5.43 Å². The first kappa shape index (κ1) is 19.2. The van der Waals surface area contributed by atoms with E-state index in [9.17, 15) is 15.0 Å². The standard InChI is InChI=1S/C20H24Br2N2O3/c1-18-4-11-5-19(2,8-18)10-20(6-11,9-18)17(27)24-23-7-12-3-13(21)16(26)14(22)15(12)25/h3,7,11,25-26H,4-6,8-10H2,1-2H3,(H,24,27)/b23-7+. The van der Waals surface area contributed by atoms with Gasteiger partial charge in [0.15, 0.2) is 0 Å². The van der Waals surface area contributed by atoms with Crippen LogP contribution in [0.3, 0.4) is 0 Å². The van der Waals surface area contributed by atoms with Crippen molar-refractivity contribution in [3.05, 3.63) is 20.6 Å². The molecule has 1 aromatic carbocycles. The Bertz CT molecular complexity index is 836. The average Bonchev–Trinajstić information content (AvgIpc) is 2.54. The molecular formula is C20H24Br2N2O3. The molecule has 7 heteroatoms. The van der Waals surface area contributed by atoms with Gasteiger partial charge in [-0.2, -0.15) is 5.10 Å². The highest BCUT2D eigenvalue weighted by atomic mass is 79.9. The van der Waals surface area contributed by atoms with Crippen LogP contribution in [0.5, 0.6) is 11.5 Å². The summed E-state index contributed by atoms with van der Waals surface area (Å²) in [6, 6.07) is 1.55. The Morgan fingerprint density at radius 2 is 1.78 bits per heavy atom. The number of halogens is 2. The molecule has 3 N–H and O–H groups in total. The number of hydrazone groups is 1. The van der Waals surface area contributed by atoms with Crippen LogP contribution < -0.4 is 5.43 Å². The lowest BCUT2D eigenvalue weighted by atomic mass is 9.40. The molecule has 4 aliphatic rings. The quantitative estimate of drug-likeness (QED) is 0.401. The molecule has 5 rings (SSSR count). The number of carbonyl (C=O) groups is 1. The molecule has 4 saturated carbocycles. The van der Waals surface area contributed by atoms with Crippen molar-refractivity contribution in [2.75, 3.05) is 0 Å². The van der Waals surface area contributed by atoms with Crippen molar-refractivity contribution < 1.29 is 15.0 Å². The summed E-state index contributed by atoms with van der Waals surface area (Å²) in [5.41, 5.74) is 3.34. The predicted octanol–water partition coefficient (Wildman–Crippen LogP) is 5.07. The third-order valence-corrected chi connectivity index (χ3v) is 8.03. The first-order valence-electron chi connectivity index (χ1n) is 9.28. The molecule has 4 bridgehead atoms. The van der Waals surface area contributed by atoms with Crippen LogP contribution in [0.1, 0.15) is 57.9 Å². The summed E-state index contributed by atoms with van der Waals surface area (Å²) in [4.78, 5) is 13.1. The number of nitrogens with one attached hydrogen (secondary N) is 1. The Morgan fingerprint density at radius 3 is 2.37 bits per heavy atom. The fourth-order valence-electron chi connectivity index (χ4n) is 6.70. The number of phenols is 2. The van der Waals surface area contributed by atoms with E-state index in [4.69, 9.17) is 0 Å². The molecule has 1 amide bonds. The summed E-state index contributed by atoms with van der Waals surface area (Å²) >= 11 is 6.37. The Labute approximate surface area is 175 Å². The minimum atomic E-state index is -0.321. The number of aromatic hydroxyl groups is 2. The number of carbonyl (C=O) groups excluding carboxylic acids is 1. The number of hydrogen-bond acceptors (Lipinski definition) is 4. The SMILES string of the molecule is CC12CC3CC(C)(C1)CC(C(=O)N/N=C/c1cc(Br)c(O)c(Br)c1O)(C3)C2. The molecule has 0 aromatic heterocycles. The van der Waals surface area contributed by atoms with E-state index in [-0.39, 0.29) is 38.1 Å². The van der Waals surface area contributed by atoms with Gasteiger partial charge in [-0.1, -0.05) is 13.8 Å². The summed E-state index contributed by atoms with van der Waals surface area (Å²) in [6.07, 6.45) is 7.95. The molecule has 27 heavy (non-hydrogen) atoms. The number of hydrogen-bond donors (Lipinski definition) is 3. The molecule has 1 aromatic rings. The zero-order valence-electron chi connectivity index (χ0n) is 15.5. The number of rotatable bonds is 3. The molecule has 0 radical (unpaired) electrons. The summed E-state index contributed by atoms with van der Waals surface area (Å²) in [6.45, 7) is 4.68. The van der Waals surface area contributed by atoms with E-state index in [0.717, 1.165) is 19.3 Å². The van der Waals surface area contributed by atoms with Gasteiger partial charge in [-0.05, 0) is 93.2 Å². The van der Waals surface area contributed by atoms with Crippen molar-refractivity contribution in [1.82, 2.24) is 5.43 Å². The molecule has 0 heterocycles. The molecule has 0 spiro atoms. The second-order valence-corrected chi connectivity index (χ2v) is 11.2. The van der Waals surface area contributed by atoms with E-state index in [1.54, 1.807) is 6.07 Å². The van der Waals surface area contributed by atoms with E-state index in [1.807, 2.05) is 0 Å². The second kappa shape index (κ2) is 6.21. The van der Waals surface area contributed by atoms with Crippen LogP contribution in [-0.2, 0) is 4.79 Å². The zero-order valence-corrected chi connectivity index (χ0v) is 18.7. The van der Waals surface area contributed by atoms with Gasteiger partial charge < -0.3 is 10.2 Å². The lowest BCUT2D eigenvalue weighted by Gasteiger charge is -2.64. The zero-order chi connectivity index (χ0) is 19.6. The van der Waals surface area contributed by atoms with Crippen LogP contribution in [0.4, 0.5) is 0 Å². The molecule has 0 aliphatic heterocycles. The molecule has 4 fully saturated rings. The van der Waals surface area contributed by atoms with Gasteiger partial charge >= 0.3 is 0 Å². The highest BCUT2D eigenvalue weighted by molar-refractivity contribution is 9.11. The predicted molar refractivity (Wildman–Crippen MR) is 111 cm³/mol. The first-order chi connectivity index (χ1) is 12.5. The molecule has 146 valence electrons. The van der Waals surface area contributed by atoms with Gasteiger partial charge in [0.1, 0.15) is 16.0 Å². The molecule has 2 atom stereocenters. The Balaban J connectivity index is 1.53. The highest BCUT2D eigenvalue weighted by Gasteiger charge is 2.62. The van der Waals surface area contributed by atoms with Crippen LogP contribution in [0, 0.1) is 22.2 Å². The van der Waals surface area contributed by atoms with Crippen molar-refractivity contribution >= 4 is 44.0 Å². The topological polar surface area (TPSA) is 81.9 Å². The van der Waals surface area contributed by atoms with Crippen molar-refractivity contribution in [2.24, 2.45) is 27.3 Å². The fraction of sp³-hybridized carbons (Fsp3) is 0.600. The largest absolute Gasteiger partial charge is 0.506 e. The van der Waals surface area contributed by atoms with E-state index in [1.165, 1.54) is 25.5 Å². The van der Waals surface area contributed by atoms with Crippen molar-refractivity contribution in [1.29, 1.82) is 0 Å². The van der Waals surface area contributed by atoms with Crippen molar-refractivity contribution in [2.45, 2.75) is 52.4 Å². The smallest absolute Gasteiger partial charge is 0.246 e. The monoisotopic (exact) mass is 498 g/mol. The maximum Gasteiger partial charge on any atom is 0.246 e. The van der Waals surface area contributed by atoms with Gasteiger partial charge in [-0.3, -0.25) is 4.79 Å². The summed E-state index contributed by atoms with van der Waals surface area (Å²) in [7, 11) is 0. The van der Waals surface area contributed by atoms with E-state index in [0.29, 0.717) is 16.0 Å². The third-order valence-electron chi connectivity index (χ3n) is 6.68. The molecular weight excluding hydrogens is 476 g/mol. The van der Waals surface area contributed by atoms with Gasteiger partial charge in [0.25, 0.3) is 0 Å². The Hall–Kier alpha value is -1.08. The molecule has 0 saturated heterocycles. The van der Waals surface area contributed by atoms with Crippen LogP contribution in [0.2, 0.25) is 0 Å². The maximum atomic E-state index is 13.1. The minimum Gasteiger partial charge on any atom is -0.506 e. The molecule has 4 aliphatic carbocycles. The number of phenolic OH excluding ortho intramolecular Hbond substituents is 2. The number of amides is 1. The highest BCUT2D eigenvalue weighted by Crippen LogP contribution is 2.69. The van der Waals surface area contributed by atoms with Crippen molar-refractivity contribution in [3.8, 4) is 11.5 Å². The molecule has 5 nitrogen and oxygen atoms in total. The van der Waals surface area contributed by atoms with Gasteiger partial charge in [0.2, 0.25) is 5.91 Å². The number of benzene rings is 1. The third kappa shape index (κ3) is 3.20. The maximum absolute atomic E-state index is 13.1. The van der Waals surface area contributed by atoms with Gasteiger partial charge in [0.05, 0.1) is 16.1 Å². The van der Waals surface area contributed by atoms with Crippen molar-refractivity contribution in [3.63, 3.8) is 0 Å². The normalized spacial score (nSPS) is 37.1. The van der Waals surface area contributed by atoms with Gasteiger partial charge in [-0.15, -0.1) is 0 Å². The summed E-state index contributed by atoms with van der Waals surface area (Å²) < 4.78 is 0.619. The van der Waals surface area contributed by atoms with Crippen LogP contribution in [0.25, 0.3) is 0 Å². The molecule has 2 unspecified atom stereocenters. The average molecular weight is 500 g/mol. The van der Waals surface area contributed by atoms with Crippen LogP contribution in [-0.4, -0.2) is 22.3 Å². The lowest BCUT2D eigenvalue weighted by molar-refractivity contribution is -0.170. The van der Waals surface area contributed by atoms with Gasteiger partial charge in [0, 0.05) is 5.56 Å². The second-order valence-electron chi connectivity index (χ2n) is 9.57. The number of nitrogens with zero attached hydrogens (tertiary/aromatic N) is 1. The Kier molecular flexibility index (Phi) is 4.43. The first-order valence-corrected chi connectivity index (χ1v) is 10.9.